The van der Waals surface area contributed by atoms with Crippen molar-refractivity contribution < 1.29 is 9.59 Å². The number of hydrogen-bond donors (Lipinski definition) is 1. The van der Waals surface area contributed by atoms with Gasteiger partial charge in [0.2, 0.25) is 0 Å². The van der Waals surface area contributed by atoms with E-state index in [2.05, 4.69) is 22.0 Å². The third-order valence-corrected chi connectivity index (χ3v) is 6.66. The number of imide groups is 1. The number of halogens is 1. The van der Waals surface area contributed by atoms with Crippen LogP contribution in [0.5, 0.6) is 0 Å². The molecular weight excluding hydrogens is 376 g/mol. The molecule has 3 amide bonds. The van der Waals surface area contributed by atoms with Crippen LogP contribution in [-0.4, -0.2) is 60.1 Å². The number of benzene rings is 1. The highest BCUT2D eigenvalue weighted by molar-refractivity contribution is 6.30. The lowest BCUT2D eigenvalue weighted by Crippen LogP contribution is -2.52. The number of aryl methyl sites for hydroxylation is 1. The zero-order chi connectivity index (χ0) is 19.7. The SMILES string of the molecule is Cc1ccc(Cl)cc1N1CCN(CN2C(=O)NC3(CCCCCC3)C2=O)CC1. The van der Waals surface area contributed by atoms with Gasteiger partial charge in [0.05, 0.1) is 6.67 Å². The highest BCUT2D eigenvalue weighted by Crippen LogP contribution is 2.33. The Bertz CT molecular complexity index is 753. The number of hydrogen-bond acceptors (Lipinski definition) is 4. The van der Waals surface area contributed by atoms with Crippen LogP contribution in [0.25, 0.3) is 0 Å². The van der Waals surface area contributed by atoms with Gasteiger partial charge in [-0.3, -0.25) is 9.69 Å². The second kappa shape index (κ2) is 7.91. The van der Waals surface area contributed by atoms with Crippen molar-refractivity contribution in [2.75, 3.05) is 37.7 Å². The normalized spacial score (nSPS) is 23.2. The van der Waals surface area contributed by atoms with Gasteiger partial charge in [-0.1, -0.05) is 43.4 Å². The number of carbonyl (C=O) groups excluding carboxylic acids is 2. The molecule has 7 heteroatoms. The van der Waals surface area contributed by atoms with E-state index in [1.165, 1.54) is 16.2 Å². The molecule has 1 saturated carbocycles. The molecule has 1 N–H and O–H groups in total. The smallest absolute Gasteiger partial charge is 0.326 e. The molecule has 2 aliphatic heterocycles. The predicted molar refractivity (Wildman–Crippen MR) is 111 cm³/mol. The lowest BCUT2D eigenvalue weighted by molar-refractivity contribution is -0.133. The molecule has 4 rings (SSSR count). The number of amides is 3. The van der Waals surface area contributed by atoms with Crippen molar-refractivity contribution >= 4 is 29.2 Å². The summed E-state index contributed by atoms with van der Waals surface area (Å²) in [5, 5.41) is 3.78. The number of piperazine rings is 1. The summed E-state index contributed by atoms with van der Waals surface area (Å²) in [6.45, 7) is 5.82. The third kappa shape index (κ3) is 3.72. The van der Waals surface area contributed by atoms with E-state index in [0.29, 0.717) is 6.67 Å². The number of anilines is 1. The molecule has 3 aliphatic rings. The maximum absolute atomic E-state index is 13.1. The van der Waals surface area contributed by atoms with Crippen LogP contribution in [0, 0.1) is 6.92 Å². The van der Waals surface area contributed by atoms with E-state index >= 15 is 0 Å². The molecule has 0 aromatic heterocycles. The summed E-state index contributed by atoms with van der Waals surface area (Å²) in [5.74, 6) is -0.0208. The Morgan fingerprint density at radius 1 is 1.04 bits per heavy atom. The summed E-state index contributed by atoms with van der Waals surface area (Å²) in [7, 11) is 0. The Morgan fingerprint density at radius 3 is 2.39 bits per heavy atom. The fourth-order valence-electron chi connectivity index (χ4n) is 4.73. The number of carbonyl (C=O) groups is 2. The first-order valence-electron chi connectivity index (χ1n) is 10.4. The molecular formula is C21H29ClN4O2. The highest BCUT2D eigenvalue weighted by atomic mass is 35.5. The van der Waals surface area contributed by atoms with E-state index in [4.69, 9.17) is 11.6 Å². The summed E-state index contributed by atoms with van der Waals surface area (Å²) in [5.41, 5.74) is 1.73. The number of nitrogens with zero attached hydrogens (tertiary/aromatic N) is 3. The minimum absolute atomic E-state index is 0.0208. The van der Waals surface area contributed by atoms with Gasteiger partial charge in [-0.2, -0.15) is 0 Å². The van der Waals surface area contributed by atoms with Crippen LogP contribution in [0.1, 0.15) is 44.1 Å². The maximum Gasteiger partial charge on any atom is 0.326 e. The average molecular weight is 405 g/mol. The van der Waals surface area contributed by atoms with E-state index < -0.39 is 5.54 Å². The van der Waals surface area contributed by atoms with E-state index in [1.807, 2.05) is 18.2 Å². The van der Waals surface area contributed by atoms with Crippen LogP contribution < -0.4 is 10.2 Å². The molecule has 28 heavy (non-hydrogen) atoms. The van der Waals surface area contributed by atoms with Gasteiger partial charge < -0.3 is 10.2 Å². The van der Waals surface area contributed by atoms with Gasteiger partial charge in [-0.05, 0) is 37.5 Å². The quantitative estimate of drug-likeness (QED) is 0.785. The van der Waals surface area contributed by atoms with Crippen molar-refractivity contribution in [2.24, 2.45) is 0 Å². The fourth-order valence-corrected chi connectivity index (χ4v) is 4.90. The molecule has 3 fully saturated rings. The molecule has 0 bridgehead atoms. The zero-order valence-corrected chi connectivity index (χ0v) is 17.3. The Labute approximate surface area is 171 Å². The van der Waals surface area contributed by atoms with Gasteiger partial charge in [0.1, 0.15) is 5.54 Å². The largest absolute Gasteiger partial charge is 0.369 e. The summed E-state index contributed by atoms with van der Waals surface area (Å²) >= 11 is 6.17. The van der Waals surface area contributed by atoms with Gasteiger partial charge in [0.15, 0.2) is 0 Å². The van der Waals surface area contributed by atoms with Crippen LogP contribution in [0.3, 0.4) is 0 Å². The summed E-state index contributed by atoms with van der Waals surface area (Å²) in [6, 6.07) is 5.75. The van der Waals surface area contributed by atoms with Gasteiger partial charge in [0, 0.05) is 36.9 Å². The number of urea groups is 1. The number of rotatable bonds is 3. The van der Waals surface area contributed by atoms with Crippen molar-refractivity contribution in [2.45, 2.75) is 51.0 Å². The van der Waals surface area contributed by atoms with Gasteiger partial charge in [-0.25, -0.2) is 9.69 Å². The molecule has 1 spiro atoms. The summed E-state index contributed by atoms with van der Waals surface area (Å²) in [4.78, 5) is 31.6. The fraction of sp³-hybridized carbons (Fsp3) is 0.619. The van der Waals surface area contributed by atoms with Crippen molar-refractivity contribution in [3.8, 4) is 0 Å². The van der Waals surface area contributed by atoms with E-state index in [-0.39, 0.29) is 11.9 Å². The summed E-state index contributed by atoms with van der Waals surface area (Å²) < 4.78 is 0. The monoisotopic (exact) mass is 404 g/mol. The first kappa shape index (κ1) is 19.5. The van der Waals surface area contributed by atoms with Gasteiger partial charge >= 0.3 is 6.03 Å². The Kier molecular flexibility index (Phi) is 5.52. The first-order valence-corrected chi connectivity index (χ1v) is 10.7. The van der Waals surface area contributed by atoms with E-state index in [1.54, 1.807) is 0 Å². The molecule has 6 nitrogen and oxygen atoms in total. The maximum atomic E-state index is 13.1. The molecule has 2 saturated heterocycles. The molecule has 1 aromatic carbocycles. The van der Waals surface area contributed by atoms with Crippen molar-refractivity contribution in [3.05, 3.63) is 28.8 Å². The molecule has 1 aliphatic carbocycles. The van der Waals surface area contributed by atoms with Crippen molar-refractivity contribution in [3.63, 3.8) is 0 Å². The molecule has 0 radical (unpaired) electrons. The van der Waals surface area contributed by atoms with Gasteiger partial charge in [-0.15, -0.1) is 0 Å². The van der Waals surface area contributed by atoms with E-state index in [9.17, 15) is 9.59 Å². The minimum atomic E-state index is -0.646. The molecule has 1 aromatic rings. The molecule has 2 heterocycles. The van der Waals surface area contributed by atoms with Gasteiger partial charge in [0.25, 0.3) is 5.91 Å². The lowest BCUT2D eigenvalue weighted by Gasteiger charge is -2.38. The van der Waals surface area contributed by atoms with Crippen LogP contribution in [0.15, 0.2) is 18.2 Å². The van der Waals surface area contributed by atoms with E-state index in [0.717, 1.165) is 69.7 Å². The lowest BCUT2D eigenvalue weighted by atomic mass is 9.90. The second-order valence-electron chi connectivity index (χ2n) is 8.34. The minimum Gasteiger partial charge on any atom is -0.369 e. The van der Waals surface area contributed by atoms with Crippen LogP contribution in [-0.2, 0) is 4.79 Å². The topological polar surface area (TPSA) is 55.9 Å². The zero-order valence-electron chi connectivity index (χ0n) is 16.5. The third-order valence-electron chi connectivity index (χ3n) is 6.43. The Hall–Kier alpha value is -1.79. The Balaban J connectivity index is 1.37. The molecule has 0 atom stereocenters. The summed E-state index contributed by atoms with van der Waals surface area (Å²) in [6.07, 6.45) is 5.87. The second-order valence-corrected chi connectivity index (χ2v) is 8.77. The van der Waals surface area contributed by atoms with Crippen LogP contribution >= 0.6 is 11.6 Å². The molecule has 0 unspecified atom stereocenters. The Morgan fingerprint density at radius 2 is 1.71 bits per heavy atom. The average Bonchev–Trinajstić information content (AvgIpc) is 2.85. The first-order chi connectivity index (χ1) is 13.5. The highest BCUT2D eigenvalue weighted by Gasteiger charge is 2.51. The number of nitrogens with one attached hydrogen (secondary N) is 1. The molecule has 152 valence electrons. The van der Waals surface area contributed by atoms with Crippen molar-refractivity contribution in [1.29, 1.82) is 0 Å². The predicted octanol–water partition coefficient (Wildman–Crippen LogP) is 3.37. The van der Waals surface area contributed by atoms with Crippen LogP contribution in [0.2, 0.25) is 5.02 Å². The van der Waals surface area contributed by atoms with Crippen molar-refractivity contribution in [1.82, 2.24) is 15.1 Å². The standard InChI is InChI=1S/C21H29ClN4O2/c1-16-6-7-17(22)14-18(16)25-12-10-24(11-13-25)15-26-19(27)21(23-20(26)28)8-4-2-3-5-9-21/h6-7,14H,2-5,8-13,15H2,1H3,(H,23,28). The van der Waals surface area contributed by atoms with Crippen LogP contribution in [0.4, 0.5) is 10.5 Å².